The van der Waals surface area contributed by atoms with Gasteiger partial charge >= 0.3 is 0 Å². The summed E-state index contributed by atoms with van der Waals surface area (Å²) in [4.78, 5) is 29.9. The number of carbonyl (C=O) groups is 2. The van der Waals surface area contributed by atoms with Gasteiger partial charge in [-0.3, -0.25) is 9.59 Å². The number of piperidine rings is 2. The van der Waals surface area contributed by atoms with Crippen LogP contribution in [0.15, 0.2) is 23.1 Å². The fraction of sp³-hybridized carbons (Fsp3) is 0.680. The van der Waals surface area contributed by atoms with Gasteiger partial charge in [-0.25, -0.2) is 8.42 Å². The zero-order valence-corrected chi connectivity index (χ0v) is 20.8. The average molecular weight is 476 g/mol. The molecule has 0 unspecified atom stereocenters. The molecule has 0 aliphatic carbocycles. The Balaban J connectivity index is 1.58. The molecule has 1 aromatic rings. The van der Waals surface area contributed by atoms with Gasteiger partial charge in [0.2, 0.25) is 21.8 Å². The molecule has 1 aromatic carbocycles. The summed E-state index contributed by atoms with van der Waals surface area (Å²) < 4.78 is 28.1. The molecule has 3 aliphatic heterocycles. The first-order chi connectivity index (χ1) is 15.8. The highest BCUT2D eigenvalue weighted by atomic mass is 32.2. The zero-order valence-electron chi connectivity index (χ0n) is 20.0. The van der Waals surface area contributed by atoms with Crippen molar-refractivity contribution in [2.24, 2.45) is 5.92 Å². The molecule has 0 bridgehead atoms. The predicted octanol–water partition coefficient (Wildman–Crippen LogP) is 3.57. The van der Waals surface area contributed by atoms with E-state index < -0.39 is 10.0 Å². The van der Waals surface area contributed by atoms with Gasteiger partial charge in [-0.15, -0.1) is 0 Å². The smallest absolute Gasteiger partial charge is 0.243 e. The number of aryl methyl sites for hydroxylation is 1. The summed E-state index contributed by atoms with van der Waals surface area (Å²) in [5.41, 5.74) is 1.52. The molecule has 8 heteroatoms. The molecule has 3 heterocycles. The maximum absolute atomic E-state index is 13.2. The van der Waals surface area contributed by atoms with Crippen LogP contribution in [0.2, 0.25) is 0 Å². The van der Waals surface area contributed by atoms with E-state index in [0.29, 0.717) is 48.9 Å². The van der Waals surface area contributed by atoms with Gasteiger partial charge in [0.15, 0.2) is 0 Å². The fourth-order valence-electron chi connectivity index (χ4n) is 5.41. The molecule has 0 radical (unpaired) electrons. The Morgan fingerprint density at radius 1 is 1.03 bits per heavy atom. The monoisotopic (exact) mass is 475 g/mol. The molecule has 0 aromatic heterocycles. The van der Waals surface area contributed by atoms with Crippen LogP contribution in [0.1, 0.15) is 70.8 Å². The SMILES string of the molecule is CC[C@@H]1CCCCN1C(=O)CN1C(=O)CCCc2cc(S(=O)(=O)N3CCC(C)CC3)ccc21. The van der Waals surface area contributed by atoms with E-state index in [1.54, 1.807) is 27.4 Å². The third-order valence-corrected chi connectivity index (χ3v) is 9.47. The number of sulfonamides is 1. The molecule has 33 heavy (non-hydrogen) atoms. The first kappa shape index (κ1) is 24.2. The van der Waals surface area contributed by atoms with Crippen molar-refractivity contribution in [2.45, 2.75) is 82.6 Å². The van der Waals surface area contributed by atoms with Gasteiger partial charge in [-0.2, -0.15) is 4.31 Å². The Labute approximate surface area is 198 Å². The van der Waals surface area contributed by atoms with E-state index in [1.165, 1.54) is 0 Å². The Hall–Kier alpha value is -1.93. The topological polar surface area (TPSA) is 78.0 Å². The lowest BCUT2D eigenvalue weighted by Gasteiger charge is -2.36. The van der Waals surface area contributed by atoms with E-state index in [-0.39, 0.29) is 24.4 Å². The number of anilines is 1. The van der Waals surface area contributed by atoms with E-state index in [4.69, 9.17) is 0 Å². The normalized spacial score (nSPS) is 23.3. The van der Waals surface area contributed by atoms with Crippen molar-refractivity contribution in [1.82, 2.24) is 9.21 Å². The van der Waals surface area contributed by atoms with Crippen LogP contribution in [-0.2, 0) is 26.0 Å². The molecule has 0 saturated carbocycles. The fourth-order valence-corrected chi connectivity index (χ4v) is 6.93. The number of likely N-dealkylation sites (tertiary alicyclic amines) is 1. The van der Waals surface area contributed by atoms with Crippen LogP contribution in [0.3, 0.4) is 0 Å². The number of carbonyl (C=O) groups excluding carboxylic acids is 2. The van der Waals surface area contributed by atoms with Gasteiger partial charge in [-0.1, -0.05) is 13.8 Å². The highest BCUT2D eigenvalue weighted by Crippen LogP contribution is 2.32. The summed E-state index contributed by atoms with van der Waals surface area (Å²) in [7, 11) is -3.56. The number of hydrogen-bond acceptors (Lipinski definition) is 4. The molecular formula is C25H37N3O4S. The van der Waals surface area contributed by atoms with Crippen LogP contribution >= 0.6 is 0 Å². The number of fused-ring (bicyclic) bond motifs is 1. The van der Waals surface area contributed by atoms with Crippen LogP contribution in [0, 0.1) is 5.92 Å². The van der Waals surface area contributed by atoms with Gasteiger partial charge in [0.25, 0.3) is 0 Å². The van der Waals surface area contributed by atoms with E-state index in [1.807, 2.05) is 4.90 Å². The van der Waals surface area contributed by atoms with Gasteiger partial charge in [0.1, 0.15) is 6.54 Å². The molecule has 2 saturated heterocycles. The van der Waals surface area contributed by atoms with E-state index >= 15 is 0 Å². The predicted molar refractivity (Wildman–Crippen MR) is 129 cm³/mol. The van der Waals surface area contributed by atoms with Crippen LogP contribution in [0.5, 0.6) is 0 Å². The second-order valence-electron chi connectivity index (χ2n) is 9.86. The average Bonchev–Trinajstić information content (AvgIpc) is 2.97. The van der Waals surface area contributed by atoms with Crippen molar-refractivity contribution in [3.63, 3.8) is 0 Å². The summed E-state index contributed by atoms with van der Waals surface area (Å²) >= 11 is 0. The molecule has 4 rings (SSSR count). The Morgan fingerprint density at radius 3 is 2.52 bits per heavy atom. The Bertz CT molecular complexity index is 985. The van der Waals surface area contributed by atoms with Crippen molar-refractivity contribution in [3.8, 4) is 0 Å². The molecule has 7 nitrogen and oxygen atoms in total. The van der Waals surface area contributed by atoms with Crippen LogP contribution in [0.25, 0.3) is 0 Å². The lowest BCUT2D eigenvalue weighted by molar-refractivity contribution is -0.134. The summed E-state index contributed by atoms with van der Waals surface area (Å²) in [6, 6.07) is 5.32. The minimum absolute atomic E-state index is 0.0121. The van der Waals surface area contributed by atoms with Crippen molar-refractivity contribution in [2.75, 3.05) is 31.1 Å². The molecule has 2 fully saturated rings. The molecule has 1 atom stereocenters. The van der Waals surface area contributed by atoms with Gasteiger partial charge in [0.05, 0.1) is 4.90 Å². The maximum Gasteiger partial charge on any atom is 0.243 e. The lowest BCUT2D eigenvalue weighted by atomic mass is 10.00. The second kappa shape index (κ2) is 10.1. The van der Waals surface area contributed by atoms with E-state index in [0.717, 1.165) is 50.6 Å². The largest absolute Gasteiger partial charge is 0.338 e. The zero-order chi connectivity index (χ0) is 23.6. The van der Waals surface area contributed by atoms with Crippen LogP contribution in [0.4, 0.5) is 5.69 Å². The summed E-state index contributed by atoms with van der Waals surface area (Å²) in [5.74, 6) is 0.475. The standard InChI is InChI=1S/C25H37N3O4S/c1-3-21-8-4-5-14-27(21)25(30)18-28-23-11-10-22(17-20(23)7-6-9-24(28)29)33(31,32)26-15-12-19(2)13-16-26/h10-11,17,19,21H,3-9,12-16,18H2,1-2H3/t21-/m1/s1. The molecular weight excluding hydrogens is 438 g/mol. The number of benzene rings is 1. The van der Waals surface area contributed by atoms with Crippen molar-refractivity contribution in [1.29, 1.82) is 0 Å². The molecule has 2 amide bonds. The van der Waals surface area contributed by atoms with Crippen LogP contribution < -0.4 is 4.90 Å². The highest BCUT2D eigenvalue weighted by molar-refractivity contribution is 7.89. The van der Waals surface area contributed by atoms with Crippen LogP contribution in [-0.4, -0.2) is 61.7 Å². The van der Waals surface area contributed by atoms with Crippen molar-refractivity contribution in [3.05, 3.63) is 23.8 Å². The molecule has 0 N–H and O–H groups in total. The Morgan fingerprint density at radius 2 is 1.79 bits per heavy atom. The summed E-state index contributed by atoms with van der Waals surface area (Å²) in [6.07, 6.45) is 7.50. The third kappa shape index (κ3) is 5.11. The number of rotatable bonds is 5. The quantitative estimate of drug-likeness (QED) is 0.652. The summed E-state index contributed by atoms with van der Waals surface area (Å²) in [5, 5.41) is 0. The van der Waals surface area contributed by atoms with Crippen molar-refractivity contribution >= 4 is 27.5 Å². The first-order valence-corrected chi connectivity index (χ1v) is 14.0. The van der Waals surface area contributed by atoms with Gasteiger partial charge in [-0.05, 0) is 81.0 Å². The summed E-state index contributed by atoms with van der Waals surface area (Å²) in [6.45, 7) is 6.14. The third-order valence-electron chi connectivity index (χ3n) is 7.57. The Kier molecular flexibility index (Phi) is 7.43. The van der Waals surface area contributed by atoms with Crippen molar-refractivity contribution < 1.29 is 18.0 Å². The second-order valence-corrected chi connectivity index (χ2v) is 11.8. The van der Waals surface area contributed by atoms with Gasteiger partial charge in [0, 0.05) is 37.8 Å². The number of nitrogens with zero attached hydrogens (tertiary/aromatic N) is 3. The molecule has 182 valence electrons. The number of hydrogen-bond donors (Lipinski definition) is 0. The van der Waals surface area contributed by atoms with Gasteiger partial charge < -0.3 is 9.80 Å². The number of amides is 2. The van der Waals surface area contributed by atoms with E-state index in [9.17, 15) is 18.0 Å². The minimum Gasteiger partial charge on any atom is -0.338 e. The first-order valence-electron chi connectivity index (χ1n) is 12.5. The minimum atomic E-state index is -3.56. The molecule has 0 spiro atoms. The van der Waals surface area contributed by atoms with E-state index in [2.05, 4.69) is 13.8 Å². The lowest BCUT2D eigenvalue weighted by Crippen LogP contribution is -2.49. The maximum atomic E-state index is 13.2. The highest BCUT2D eigenvalue weighted by Gasteiger charge is 2.32. The molecule has 3 aliphatic rings.